The van der Waals surface area contributed by atoms with Crippen LogP contribution in [0.15, 0.2) is 42.6 Å². The smallest absolute Gasteiger partial charge is 0.272 e. The highest BCUT2D eigenvalue weighted by Crippen LogP contribution is 2.19. The summed E-state index contributed by atoms with van der Waals surface area (Å²) in [6.07, 6.45) is 3.64. The van der Waals surface area contributed by atoms with Crippen molar-refractivity contribution in [1.29, 1.82) is 0 Å². The molecule has 0 bridgehead atoms. The maximum Gasteiger partial charge on any atom is 0.272 e. The number of pyridine rings is 1. The highest BCUT2D eigenvalue weighted by molar-refractivity contribution is 5.98. The maximum absolute atomic E-state index is 12.9. The Labute approximate surface area is 165 Å². The lowest BCUT2D eigenvalue weighted by molar-refractivity contribution is 0.0746. The molecule has 0 unspecified atom stereocenters. The lowest BCUT2D eigenvalue weighted by Crippen LogP contribution is -2.48. The van der Waals surface area contributed by atoms with E-state index in [0.29, 0.717) is 24.3 Å². The van der Waals surface area contributed by atoms with E-state index < -0.39 is 0 Å². The van der Waals surface area contributed by atoms with Gasteiger partial charge in [0.2, 0.25) is 0 Å². The number of hydrogen-bond acceptors (Lipinski definition) is 4. The molecule has 2 aliphatic rings. The van der Waals surface area contributed by atoms with Gasteiger partial charge in [-0.05, 0) is 49.6 Å². The number of carbonyl (C=O) groups is 2. The topological polar surface area (TPSA) is 56.8 Å². The Balaban J connectivity index is 1.41. The van der Waals surface area contributed by atoms with Gasteiger partial charge in [0.25, 0.3) is 11.8 Å². The average molecular weight is 378 g/mol. The Morgan fingerprint density at radius 3 is 2.29 bits per heavy atom. The lowest BCUT2D eigenvalue weighted by Gasteiger charge is -2.36. The Bertz CT molecular complexity index is 868. The number of aromatic nitrogens is 1. The molecular formula is C22H26N4O2. The molecule has 2 saturated heterocycles. The molecule has 0 spiro atoms. The first-order valence-electron chi connectivity index (χ1n) is 9.98. The van der Waals surface area contributed by atoms with Crippen LogP contribution in [0.2, 0.25) is 0 Å². The summed E-state index contributed by atoms with van der Waals surface area (Å²) in [5.74, 6) is -0.0989. The molecule has 6 heteroatoms. The predicted molar refractivity (Wildman–Crippen MR) is 109 cm³/mol. The molecular weight excluding hydrogens is 352 g/mol. The van der Waals surface area contributed by atoms with E-state index in [9.17, 15) is 9.59 Å². The summed E-state index contributed by atoms with van der Waals surface area (Å²) in [6, 6.07) is 11.8. The van der Waals surface area contributed by atoms with Crippen molar-refractivity contribution in [3.05, 3.63) is 59.4 Å². The molecule has 28 heavy (non-hydrogen) atoms. The van der Waals surface area contributed by atoms with Gasteiger partial charge >= 0.3 is 0 Å². The van der Waals surface area contributed by atoms with Crippen molar-refractivity contribution in [2.45, 2.75) is 19.8 Å². The van der Waals surface area contributed by atoms with Crippen LogP contribution in [0.5, 0.6) is 0 Å². The third-order valence-corrected chi connectivity index (χ3v) is 5.55. The molecule has 146 valence electrons. The van der Waals surface area contributed by atoms with Gasteiger partial charge in [0.15, 0.2) is 0 Å². The van der Waals surface area contributed by atoms with Gasteiger partial charge in [0, 0.05) is 56.7 Å². The van der Waals surface area contributed by atoms with Gasteiger partial charge in [0.1, 0.15) is 5.69 Å². The van der Waals surface area contributed by atoms with Gasteiger partial charge in [-0.15, -0.1) is 0 Å². The molecule has 0 atom stereocenters. The fourth-order valence-electron chi connectivity index (χ4n) is 3.94. The zero-order valence-electron chi connectivity index (χ0n) is 16.3. The third kappa shape index (κ3) is 3.86. The largest absolute Gasteiger partial charge is 0.368 e. The van der Waals surface area contributed by atoms with Crippen LogP contribution in [0, 0.1) is 6.92 Å². The van der Waals surface area contributed by atoms with Crippen molar-refractivity contribution >= 4 is 17.5 Å². The molecule has 0 aliphatic carbocycles. The Hall–Kier alpha value is -2.89. The molecule has 2 aliphatic heterocycles. The molecule has 0 N–H and O–H groups in total. The number of anilines is 1. The van der Waals surface area contributed by atoms with E-state index in [4.69, 9.17) is 0 Å². The summed E-state index contributed by atoms with van der Waals surface area (Å²) >= 11 is 0. The molecule has 3 heterocycles. The van der Waals surface area contributed by atoms with Crippen molar-refractivity contribution in [2.24, 2.45) is 0 Å². The summed E-state index contributed by atoms with van der Waals surface area (Å²) in [7, 11) is 0. The molecule has 2 fully saturated rings. The highest BCUT2D eigenvalue weighted by Gasteiger charge is 2.25. The van der Waals surface area contributed by atoms with Crippen LogP contribution in [0.25, 0.3) is 0 Å². The second-order valence-electron chi connectivity index (χ2n) is 7.55. The van der Waals surface area contributed by atoms with Crippen LogP contribution < -0.4 is 4.90 Å². The summed E-state index contributed by atoms with van der Waals surface area (Å²) in [6.45, 7) is 6.60. The van der Waals surface area contributed by atoms with E-state index in [-0.39, 0.29) is 11.8 Å². The first-order chi connectivity index (χ1) is 13.6. The van der Waals surface area contributed by atoms with Crippen molar-refractivity contribution in [1.82, 2.24) is 14.8 Å². The quantitative estimate of drug-likeness (QED) is 0.824. The van der Waals surface area contributed by atoms with E-state index in [0.717, 1.165) is 39.0 Å². The van der Waals surface area contributed by atoms with Gasteiger partial charge in [-0.1, -0.05) is 12.1 Å². The standard InChI is InChI=1S/C22H26N4O2/c1-17-5-4-6-19(15-17)24-11-13-26(14-12-24)21(27)18-7-8-23-20(16-18)22(28)25-9-2-3-10-25/h4-8,15-16H,2-3,9-14H2,1H3. The van der Waals surface area contributed by atoms with Gasteiger partial charge < -0.3 is 14.7 Å². The van der Waals surface area contributed by atoms with Crippen LogP contribution in [0.4, 0.5) is 5.69 Å². The second kappa shape index (κ2) is 8.00. The van der Waals surface area contributed by atoms with Gasteiger partial charge in [-0.25, -0.2) is 0 Å². The molecule has 4 rings (SSSR count). The van der Waals surface area contributed by atoms with Gasteiger partial charge in [-0.2, -0.15) is 0 Å². The number of rotatable bonds is 3. The Morgan fingerprint density at radius 2 is 1.57 bits per heavy atom. The average Bonchev–Trinajstić information content (AvgIpc) is 3.28. The van der Waals surface area contributed by atoms with Crippen LogP contribution in [0.3, 0.4) is 0 Å². The molecule has 6 nitrogen and oxygen atoms in total. The number of likely N-dealkylation sites (tertiary alicyclic amines) is 1. The number of nitrogens with zero attached hydrogens (tertiary/aromatic N) is 4. The third-order valence-electron chi connectivity index (χ3n) is 5.55. The molecule has 0 radical (unpaired) electrons. The number of amides is 2. The summed E-state index contributed by atoms with van der Waals surface area (Å²) < 4.78 is 0. The monoisotopic (exact) mass is 378 g/mol. The number of carbonyl (C=O) groups excluding carboxylic acids is 2. The van der Waals surface area contributed by atoms with Gasteiger partial charge in [0.05, 0.1) is 0 Å². The molecule has 1 aromatic carbocycles. The number of benzene rings is 1. The minimum atomic E-state index is -0.0728. The van der Waals surface area contributed by atoms with Crippen LogP contribution in [-0.2, 0) is 0 Å². The van der Waals surface area contributed by atoms with E-state index in [2.05, 4.69) is 41.1 Å². The first kappa shape index (κ1) is 18.5. The second-order valence-corrected chi connectivity index (χ2v) is 7.55. The zero-order chi connectivity index (χ0) is 19.5. The summed E-state index contributed by atoms with van der Waals surface area (Å²) in [5, 5.41) is 0. The highest BCUT2D eigenvalue weighted by atomic mass is 16.2. The van der Waals surface area contributed by atoms with Crippen molar-refractivity contribution in [3.63, 3.8) is 0 Å². The number of hydrogen-bond donors (Lipinski definition) is 0. The first-order valence-corrected chi connectivity index (χ1v) is 9.98. The molecule has 2 amide bonds. The SMILES string of the molecule is Cc1cccc(N2CCN(C(=O)c3ccnc(C(=O)N4CCCC4)c3)CC2)c1. The van der Waals surface area contributed by atoms with E-state index in [1.165, 1.54) is 11.3 Å². The van der Waals surface area contributed by atoms with Gasteiger partial charge in [-0.3, -0.25) is 14.6 Å². The maximum atomic E-state index is 12.9. The van der Waals surface area contributed by atoms with E-state index in [1.807, 2.05) is 9.80 Å². The van der Waals surface area contributed by atoms with E-state index >= 15 is 0 Å². The summed E-state index contributed by atoms with van der Waals surface area (Å²) in [5.41, 5.74) is 3.35. The normalized spacial score (nSPS) is 17.1. The number of piperazine rings is 1. The van der Waals surface area contributed by atoms with E-state index in [1.54, 1.807) is 18.3 Å². The molecule has 0 saturated carbocycles. The number of aryl methyl sites for hydroxylation is 1. The Morgan fingerprint density at radius 1 is 0.857 bits per heavy atom. The van der Waals surface area contributed by atoms with Crippen molar-refractivity contribution in [3.8, 4) is 0 Å². The van der Waals surface area contributed by atoms with Crippen molar-refractivity contribution in [2.75, 3.05) is 44.2 Å². The van der Waals surface area contributed by atoms with Crippen molar-refractivity contribution < 1.29 is 9.59 Å². The lowest BCUT2D eigenvalue weighted by atomic mass is 10.1. The predicted octanol–water partition coefficient (Wildman–Crippen LogP) is 2.59. The molecule has 2 aromatic rings. The Kier molecular flexibility index (Phi) is 5.28. The fourth-order valence-corrected chi connectivity index (χ4v) is 3.94. The van der Waals surface area contributed by atoms with Crippen LogP contribution in [-0.4, -0.2) is 65.9 Å². The van der Waals surface area contributed by atoms with Crippen LogP contribution in [0.1, 0.15) is 39.3 Å². The fraction of sp³-hybridized carbons (Fsp3) is 0.409. The molecule has 1 aromatic heterocycles. The zero-order valence-corrected chi connectivity index (χ0v) is 16.3. The minimum Gasteiger partial charge on any atom is -0.368 e. The minimum absolute atomic E-state index is 0.0261. The summed E-state index contributed by atoms with van der Waals surface area (Å²) in [4.78, 5) is 35.7. The van der Waals surface area contributed by atoms with Crippen LogP contribution >= 0.6 is 0 Å².